The third-order valence-corrected chi connectivity index (χ3v) is 2.86. The van der Waals surface area contributed by atoms with Crippen LogP contribution in [-0.4, -0.2) is 12.0 Å². The first-order valence-electron chi connectivity index (χ1n) is 6.69. The van der Waals surface area contributed by atoms with Crippen molar-refractivity contribution in [2.24, 2.45) is 5.73 Å². The summed E-state index contributed by atoms with van der Waals surface area (Å²) in [6.07, 6.45) is 0.120. The van der Waals surface area contributed by atoms with Gasteiger partial charge in [0.15, 0.2) is 0 Å². The van der Waals surface area contributed by atoms with Gasteiger partial charge in [0, 0.05) is 5.69 Å². The maximum atomic E-state index is 11.4. The molecule has 5 N–H and O–H groups in total. The zero-order valence-electron chi connectivity index (χ0n) is 12.1. The average molecular weight is 285 g/mol. The van der Waals surface area contributed by atoms with Crippen LogP contribution in [0.2, 0.25) is 0 Å². The molecule has 0 spiro atoms. The Morgan fingerprint density at radius 3 is 2.38 bits per heavy atom. The van der Waals surface area contributed by atoms with Gasteiger partial charge in [-0.25, -0.2) is 0 Å². The first-order chi connectivity index (χ1) is 9.97. The molecule has 2 aromatic rings. The minimum absolute atomic E-state index is 0.120. The molecule has 0 saturated carbocycles. The monoisotopic (exact) mass is 285 g/mol. The van der Waals surface area contributed by atoms with Gasteiger partial charge in [-0.3, -0.25) is 4.79 Å². The summed E-state index contributed by atoms with van der Waals surface area (Å²) in [5.41, 5.74) is 13.4. The molecule has 0 aliphatic rings. The molecule has 0 bridgehead atoms. The quantitative estimate of drug-likeness (QED) is 0.737. The highest BCUT2D eigenvalue weighted by molar-refractivity contribution is 6.02. The largest absolute Gasteiger partial charge is 0.491 e. The number of carbonyl (C=O) groups excluding carboxylic acids is 1. The van der Waals surface area contributed by atoms with Gasteiger partial charge in [0.2, 0.25) is 0 Å². The van der Waals surface area contributed by atoms with E-state index in [2.05, 4.69) is 5.32 Å². The SMILES string of the molecule is CC(C)Oc1ccc(Nc2c(N)cccc2C(N)=O)cc1. The molecule has 0 fully saturated rings. The predicted molar refractivity (Wildman–Crippen MR) is 84.9 cm³/mol. The molecular weight excluding hydrogens is 266 g/mol. The van der Waals surface area contributed by atoms with E-state index in [9.17, 15) is 4.79 Å². The minimum Gasteiger partial charge on any atom is -0.491 e. The van der Waals surface area contributed by atoms with Crippen LogP contribution in [0.5, 0.6) is 5.75 Å². The molecular formula is C16H19N3O2. The van der Waals surface area contributed by atoms with Crippen molar-refractivity contribution < 1.29 is 9.53 Å². The second-order valence-corrected chi connectivity index (χ2v) is 4.95. The van der Waals surface area contributed by atoms with Crippen molar-refractivity contribution in [1.82, 2.24) is 0 Å². The van der Waals surface area contributed by atoms with Crippen LogP contribution in [0.25, 0.3) is 0 Å². The fourth-order valence-corrected chi connectivity index (χ4v) is 1.95. The fraction of sp³-hybridized carbons (Fsp3) is 0.188. The maximum Gasteiger partial charge on any atom is 0.250 e. The second kappa shape index (κ2) is 6.17. The van der Waals surface area contributed by atoms with Gasteiger partial charge >= 0.3 is 0 Å². The number of hydrogen-bond donors (Lipinski definition) is 3. The number of benzene rings is 2. The second-order valence-electron chi connectivity index (χ2n) is 4.95. The van der Waals surface area contributed by atoms with E-state index in [4.69, 9.17) is 16.2 Å². The molecule has 2 rings (SSSR count). The van der Waals surface area contributed by atoms with E-state index in [-0.39, 0.29) is 6.10 Å². The smallest absolute Gasteiger partial charge is 0.250 e. The molecule has 5 heteroatoms. The number of primary amides is 1. The molecule has 0 saturated heterocycles. The Kier molecular flexibility index (Phi) is 4.33. The summed E-state index contributed by atoms with van der Waals surface area (Å²) in [6, 6.07) is 12.5. The lowest BCUT2D eigenvalue weighted by atomic mass is 10.1. The Labute approximate surface area is 123 Å². The van der Waals surface area contributed by atoms with E-state index in [0.29, 0.717) is 16.9 Å². The number of ether oxygens (including phenoxy) is 1. The molecule has 21 heavy (non-hydrogen) atoms. The van der Waals surface area contributed by atoms with E-state index >= 15 is 0 Å². The van der Waals surface area contributed by atoms with Gasteiger partial charge in [-0.15, -0.1) is 0 Å². The zero-order valence-corrected chi connectivity index (χ0v) is 12.1. The van der Waals surface area contributed by atoms with E-state index in [1.54, 1.807) is 18.2 Å². The fourth-order valence-electron chi connectivity index (χ4n) is 1.95. The number of nitrogens with one attached hydrogen (secondary N) is 1. The average Bonchev–Trinajstić information content (AvgIpc) is 2.42. The van der Waals surface area contributed by atoms with Gasteiger partial charge in [0.1, 0.15) is 5.75 Å². The Balaban J connectivity index is 2.24. The predicted octanol–water partition coefficient (Wildman–Crippen LogP) is 2.90. The first-order valence-corrected chi connectivity index (χ1v) is 6.69. The highest BCUT2D eigenvalue weighted by atomic mass is 16.5. The number of para-hydroxylation sites is 1. The van der Waals surface area contributed by atoms with Crippen molar-refractivity contribution in [2.75, 3.05) is 11.1 Å². The third kappa shape index (κ3) is 3.66. The van der Waals surface area contributed by atoms with Crippen LogP contribution in [0.1, 0.15) is 24.2 Å². The number of hydrogen-bond acceptors (Lipinski definition) is 4. The van der Waals surface area contributed by atoms with E-state index < -0.39 is 5.91 Å². The lowest BCUT2D eigenvalue weighted by molar-refractivity contribution is 0.100. The normalized spacial score (nSPS) is 10.4. The van der Waals surface area contributed by atoms with Crippen molar-refractivity contribution in [3.8, 4) is 5.75 Å². The number of anilines is 3. The summed E-state index contributed by atoms with van der Waals surface area (Å²) in [5.74, 6) is 0.260. The Bertz CT molecular complexity index is 636. The van der Waals surface area contributed by atoms with Gasteiger partial charge in [0.25, 0.3) is 5.91 Å². The topological polar surface area (TPSA) is 90.4 Å². The summed E-state index contributed by atoms with van der Waals surface area (Å²) in [7, 11) is 0. The van der Waals surface area contributed by atoms with Gasteiger partial charge < -0.3 is 21.5 Å². The standard InChI is InChI=1S/C16H19N3O2/c1-10(2)21-12-8-6-11(7-9-12)19-15-13(16(18)20)4-3-5-14(15)17/h3-10,19H,17H2,1-2H3,(H2,18,20). The number of nitrogen functional groups attached to an aromatic ring is 1. The van der Waals surface area contributed by atoms with E-state index in [1.807, 2.05) is 38.1 Å². The van der Waals surface area contributed by atoms with Gasteiger partial charge in [-0.05, 0) is 50.2 Å². The zero-order chi connectivity index (χ0) is 15.4. The van der Waals surface area contributed by atoms with Gasteiger partial charge in [-0.1, -0.05) is 6.07 Å². The summed E-state index contributed by atoms with van der Waals surface area (Å²) in [5, 5.41) is 3.12. The van der Waals surface area contributed by atoms with Crippen molar-refractivity contribution in [1.29, 1.82) is 0 Å². The molecule has 0 aliphatic carbocycles. The molecule has 0 atom stereocenters. The number of rotatable bonds is 5. The van der Waals surface area contributed by atoms with Crippen LogP contribution < -0.4 is 21.5 Å². The van der Waals surface area contributed by atoms with Crippen LogP contribution in [0.15, 0.2) is 42.5 Å². The summed E-state index contributed by atoms with van der Waals surface area (Å²) >= 11 is 0. The molecule has 1 amide bonds. The van der Waals surface area contributed by atoms with Gasteiger partial charge in [-0.2, -0.15) is 0 Å². The number of carbonyl (C=O) groups is 1. The van der Waals surface area contributed by atoms with Crippen LogP contribution in [0.4, 0.5) is 17.1 Å². The molecule has 5 nitrogen and oxygen atoms in total. The van der Waals surface area contributed by atoms with Crippen LogP contribution >= 0.6 is 0 Å². The summed E-state index contributed by atoms with van der Waals surface area (Å²) in [4.78, 5) is 11.4. The molecule has 0 radical (unpaired) electrons. The highest BCUT2D eigenvalue weighted by Crippen LogP contribution is 2.28. The lowest BCUT2D eigenvalue weighted by Gasteiger charge is -2.14. The molecule has 0 aromatic heterocycles. The molecule has 2 aromatic carbocycles. The van der Waals surface area contributed by atoms with Crippen LogP contribution in [0.3, 0.4) is 0 Å². The first kappa shape index (κ1) is 14.7. The molecule has 0 unspecified atom stereocenters. The molecule has 110 valence electrons. The van der Waals surface area contributed by atoms with E-state index in [0.717, 1.165) is 11.4 Å². The summed E-state index contributed by atoms with van der Waals surface area (Å²) < 4.78 is 5.58. The van der Waals surface area contributed by atoms with E-state index in [1.165, 1.54) is 0 Å². The number of amides is 1. The van der Waals surface area contributed by atoms with Crippen LogP contribution in [-0.2, 0) is 0 Å². The van der Waals surface area contributed by atoms with Crippen molar-refractivity contribution in [2.45, 2.75) is 20.0 Å². The lowest BCUT2D eigenvalue weighted by Crippen LogP contribution is -2.14. The van der Waals surface area contributed by atoms with Crippen molar-refractivity contribution >= 4 is 23.0 Å². The van der Waals surface area contributed by atoms with Crippen molar-refractivity contribution in [3.63, 3.8) is 0 Å². The maximum absolute atomic E-state index is 11.4. The minimum atomic E-state index is -0.524. The Hall–Kier alpha value is -2.69. The molecule has 0 heterocycles. The highest BCUT2D eigenvalue weighted by Gasteiger charge is 2.11. The Morgan fingerprint density at radius 2 is 1.81 bits per heavy atom. The summed E-state index contributed by atoms with van der Waals surface area (Å²) in [6.45, 7) is 3.94. The van der Waals surface area contributed by atoms with Gasteiger partial charge in [0.05, 0.1) is 23.0 Å². The third-order valence-electron chi connectivity index (χ3n) is 2.86. The number of nitrogens with two attached hydrogens (primary N) is 2. The van der Waals surface area contributed by atoms with Crippen LogP contribution in [0, 0.1) is 0 Å². The van der Waals surface area contributed by atoms with Crippen molar-refractivity contribution in [3.05, 3.63) is 48.0 Å². The Morgan fingerprint density at radius 1 is 1.14 bits per heavy atom. The molecule has 0 aliphatic heterocycles.